The van der Waals surface area contributed by atoms with Crippen molar-refractivity contribution in [3.8, 4) is 0 Å². The molecule has 92 valence electrons. The minimum absolute atomic E-state index is 0.0776. The molecule has 0 bridgehead atoms. The van der Waals surface area contributed by atoms with E-state index in [9.17, 15) is 9.59 Å². The fraction of sp³-hybridized carbons (Fsp3) is 0.818. The van der Waals surface area contributed by atoms with Gasteiger partial charge in [-0.05, 0) is 26.7 Å². The summed E-state index contributed by atoms with van der Waals surface area (Å²) >= 11 is 0. The van der Waals surface area contributed by atoms with Gasteiger partial charge in [-0.15, -0.1) is 0 Å². The van der Waals surface area contributed by atoms with Crippen molar-refractivity contribution in [1.82, 2.24) is 5.32 Å². The molecule has 5 heteroatoms. The fourth-order valence-corrected chi connectivity index (χ4v) is 1.45. The molecule has 0 radical (unpaired) electrons. The van der Waals surface area contributed by atoms with E-state index in [4.69, 9.17) is 9.47 Å². The Kier molecular flexibility index (Phi) is 3.78. The van der Waals surface area contributed by atoms with Crippen LogP contribution in [0.5, 0.6) is 0 Å². The van der Waals surface area contributed by atoms with Gasteiger partial charge < -0.3 is 14.8 Å². The topological polar surface area (TPSA) is 64.6 Å². The van der Waals surface area contributed by atoms with Gasteiger partial charge in [0, 0.05) is 0 Å². The van der Waals surface area contributed by atoms with Gasteiger partial charge in [0.2, 0.25) is 0 Å². The Morgan fingerprint density at radius 2 is 2.12 bits per heavy atom. The lowest BCUT2D eigenvalue weighted by Crippen LogP contribution is -2.48. The van der Waals surface area contributed by atoms with Crippen molar-refractivity contribution in [3.63, 3.8) is 0 Å². The SMILES string of the molecule is CC1CC(=O)OCC1NC(=O)OC(C)(C)C. The predicted octanol–water partition coefficient (Wildman–Crippen LogP) is 1.46. The molecule has 1 N–H and O–H groups in total. The highest BCUT2D eigenvalue weighted by Crippen LogP contribution is 2.16. The maximum absolute atomic E-state index is 11.5. The molecule has 0 aromatic heterocycles. The molecular weight excluding hydrogens is 210 g/mol. The van der Waals surface area contributed by atoms with Crippen LogP contribution in [0.15, 0.2) is 0 Å². The number of hydrogen-bond acceptors (Lipinski definition) is 4. The summed E-state index contributed by atoms with van der Waals surface area (Å²) in [4.78, 5) is 22.4. The fourth-order valence-electron chi connectivity index (χ4n) is 1.45. The standard InChI is InChI=1S/C11H19NO4/c1-7-5-9(13)15-6-8(7)12-10(14)16-11(2,3)4/h7-8H,5-6H2,1-4H3,(H,12,14). The Morgan fingerprint density at radius 3 is 2.62 bits per heavy atom. The molecule has 0 spiro atoms. The molecule has 5 nitrogen and oxygen atoms in total. The van der Waals surface area contributed by atoms with Crippen molar-refractivity contribution in [2.45, 2.75) is 45.8 Å². The lowest BCUT2D eigenvalue weighted by Gasteiger charge is -2.29. The van der Waals surface area contributed by atoms with E-state index in [1.807, 2.05) is 6.92 Å². The summed E-state index contributed by atoms with van der Waals surface area (Å²) in [7, 11) is 0. The second kappa shape index (κ2) is 4.72. The number of alkyl carbamates (subject to hydrolysis) is 1. The number of esters is 1. The first kappa shape index (κ1) is 12.8. The van der Waals surface area contributed by atoms with Gasteiger partial charge in [0.25, 0.3) is 0 Å². The second-order valence-corrected chi connectivity index (χ2v) is 5.12. The minimum atomic E-state index is -0.515. The number of nitrogens with one attached hydrogen (secondary N) is 1. The Hall–Kier alpha value is -1.26. The number of ether oxygens (including phenoxy) is 2. The van der Waals surface area contributed by atoms with E-state index < -0.39 is 11.7 Å². The Balaban J connectivity index is 2.42. The van der Waals surface area contributed by atoms with Crippen LogP contribution in [0.25, 0.3) is 0 Å². The lowest BCUT2D eigenvalue weighted by atomic mass is 9.97. The maximum Gasteiger partial charge on any atom is 0.408 e. The molecule has 1 rings (SSSR count). The van der Waals surface area contributed by atoms with Gasteiger partial charge in [0.15, 0.2) is 0 Å². The maximum atomic E-state index is 11.5. The van der Waals surface area contributed by atoms with Crippen LogP contribution in [0.3, 0.4) is 0 Å². The predicted molar refractivity (Wildman–Crippen MR) is 57.9 cm³/mol. The van der Waals surface area contributed by atoms with Crippen molar-refractivity contribution in [1.29, 1.82) is 0 Å². The van der Waals surface area contributed by atoms with Gasteiger partial charge in [-0.2, -0.15) is 0 Å². The summed E-state index contributed by atoms with van der Waals surface area (Å²) in [5.41, 5.74) is -0.515. The first-order chi connectivity index (χ1) is 7.28. The van der Waals surface area contributed by atoms with E-state index in [2.05, 4.69) is 5.32 Å². The number of carbonyl (C=O) groups is 2. The molecule has 0 aromatic carbocycles. The molecule has 0 aliphatic carbocycles. The highest BCUT2D eigenvalue weighted by molar-refractivity contribution is 5.72. The lowest BCUT2D eigenvalue weighted by molar-refractivity contribution is -0.150. The molecule has 1 aliphatic heterocycles. The third-order valence-corrected chi connectivity index (χ3v) is 2.30. The van der Waals surface area contributed by atoms with Crippen molar-refractivity contribution in [2.75, 3.05) is 6.61 Å². The van der Waals surface area contributed by atoms with Crippen molar-refractivity contribution in [2.24, 2.45) is 5.92 Å². The number of hydrogen-bond donors (Lipinski definition) is 1. The highest BCUT2D eigenvalue weighted by atomic mass is 16.6. The largest absolute Gasteiger partial charge is 0.463 e. The average molecular weight is 229 g/mol. The van der Waals surface area contributed by atoms with Crippen LogP contribution in [0, 0.1) is 5.92 Å². The molecule has 1 heterocycles. The van der Waals surface area contributed by atoms with E-state index in [1.165, 1.54) is 0 Å². The molecule has 1 saturated heterocycles. The van der Waals surface area contributed by atoms with E-state index >= 15 is 0 Å². The molecule has 0 aromatic rings. The van der Waals surface area contributed by atoms with Crippen LogP contribution in [-0.4, -0.2) is 30.3 Å². The normalized spacial score (nSPS) is 25.9. The first-order valence-electron chi connectivity index (χ1n) is 5.43. The molecule has 2 unspecified atom stereocenters. The number of cyclic esters (lactones) is 1. The van der Waals surface area contributed by atoms with Crippen LogP contribution in [0.1, 0.15) is 34.1 Å². The quantitative estimate of drug-likeness (QED) is 0.691. The van der Waals surface area contributed by atoms with Crippen LogP contribution in [0.4, 0.5) is 4.79 Å². The summed E-state index contributed by atoms with van der Waals surface area (Å²) in [5, 5.41) is 2.71. The molecule has 1 fully saturated rings. The number of carbonyl (C=O) groups excluding carboxylic acids is 2. The number of amides is 1. The van der Waals surface area contributed by atoms with Crippen LogP contribution < -0.4 is 5.32 Å². The van der Waals surface area contributed by atoms with Crippen LogP contribution in [-0.2, 0) is 14.3 Å². The molecule has 1 amide bonds. The zero-order valence-corrected chi connectivity index (χ0v) is 10.2. The summed E-state index contributed by atoms with van der Waals surface area (Å²) in [6.07, 6.45) is -0.136. The zero-order chi connectivity index (χ0) is 12.3. The van der Waals surface area contributed by atoms with Gasteiger partial charge in [0.05, 0.1) is 12.5 Å². The molecule has 1 aliphatic rings. The molecular formula is C11H19NO4. The number of rotatable bonds is 1. The average Bonchev–Trinajstić information content (AvgIpc) is 2.06. The molecule has 16 heavy (non-hydrogen) atoms. The Morgan fingerprint density at radius 1 is 1.50 bits per heavy atom. The van der Waals surface area contributed by atoms with E-state index in [-0.39, 0.29) is 24.5 Å². The monoisotopic (exact) mass is 229 g/mol. The third-order valence-electron chi connectivity index (χ3n) is 2.30. The smallest absolute Gasteiger partial charge is 0.408 e. The van der Waals surface area contributed by atoms with Crippen molar-refractivity contribution in [3.05, 3.63) is 0 Å². The first-order valence-corrected chi connectivity index (χ1v) is 5.43. The summed E-state index contributed by atoms with van der Waals surface area (Å²) in [6.45, 7) is 7.53. The Bertz CT molecular complexity index is 282. The second-order valence-electron chi connectivity index (χ2n) is 5.12. The van der Waals surface area contributed by atoms with Gasteiger partial charge in [-0.3, -0.25) is 4.79 Å². The van der Waals surface area contributed by atoms with Crippen molar-refractivity contribution >= 4 is 12.1 Å². The third kappa shape index (κ3) is 4.08. The van der Waals surface area contributed by atoms with Gasteiger partial charge >= 0.3 is 12.1 Å². The van der Waals surface area contributed by atoms with E-state index in [0.717, 1.165) is 0 Å². The van der Waals surface area contributed by atoms with Crippen molar-refractivity contribution < 1.29 is 19.1 Å². The summed E-state index contributed by atoms with van der Waals surface area (Å²) in [6, 6.07) is -0.160. The van der Waals surface area contributed by atoms with Crippen LogP contribution in [0.2, 0.25) is 0 Å². The minimum Gasteiger partial charge on any atom is -0.463 e. The molecule has 0 saturated carbocycles. The Labute approximate surface area is 95.5 Å². The van der Waals surface area contributed by atoms with E-state index in [0.29, 0.717) is 6.42 Å². The summed E-state index contributed by atoms with van der Waals surface area (Å²) in [5.74, 6) is -0.136. The zero-order valence-electron chi connectivity index (χ0n) is 10.2. The molecule has 2 atom stereocenters. The van der Waals surface area contributed by atoms with Crippen LogP contribution >= 0.6 is 0 Å². The van der Waals surface area contributed by atoms with Gasteiger partial charge in [-0.25, -0.2) is 4.79 Å². The highest BCUT2D eigenvalue weighted by Gasteiger charge is 2.29. The van der Waals surface area contributed by atoms with Gasteiger partial charge in [-0.1, -0.05) is 6.92 Å². The van der Waals surface area contributed by atoms with Gasteiger partial charge in [0.1, 0.15) is 12.2 Å². The van der Waals surface area contributed by atoms with E-state index in [1.54, 1.807) is 20.8 Å². The summed E-state index contributed by atoms with van der Waals surface area (Å²) < 4.78 is 10.0.